The molecule has 0 aliphatic heterocycles. The van der Waals surface area contributed by atoms with Crippen LogP contribution in [0.1, 0.15) is 65.6 Å². The van der Waals surface area contributed by atoms with Crippen molar-refractivity contribution in [3.05, 3.63) is 59.4 Å². The van der Waals surface area contributed by atoms with Crippen LogP contribution < -0.4 is 10.6 Å². The monoisotopic (exact) mass is 351 g/mol. The van der Waals surface area contributed by atoms with Crippen molar-refractivity contribution in [3.63, 3.8) is 0 Å². The zero-order chi connectivity index (χ0) is 18.4. The Morgan fingerprint density at radius 2 is 1.62 bits per heavy atom. The van der Waals surface area contributed by atoms with E-state index in [4.69, 9.17) is 0 Å². The maximum atomic E-state index is 12.4. The average Bonchev–Trinajstić information content (AvgIpc) is 2.69. The molecule has 1 saturated carbocycles. The average molecular weight is 351 g/mol. The number of nitrogens with zero attached hydrogens (tertiary/aromatic N) is 1. The topological polar surface area (TPSA) is 71.1 Å². The van der Waals surface area contributed by atoms with Gasteiger partial charge in [0.15, 0.2) is 0 Å². The lowest BCUT2D eigenvalue weighted by molar-refractivity contribution is 0.0922. The number of amides is 2. The number of rotatable bonds is 5. The fraction of sp³-hybridized carbons (Fsp3) is 0.381. The van der Waals surface area contributed by atoms with Crippen molar-refractivity contribution in [3.8, 4) is 0 Å². The van der Waals surface area contributed by atoms with E-state index in [1.165, 1.54) is 12.0 Å². The summed E-state index contributed by atoms with van der Waals surface area (Å²) < 4.78 is 0. The van der Waals surface area contributed by atoms with Crippen molar-refractivity contribution >= 4 is 17.5 Å². The van der Waals surface area contributed by atoms with Crippen LogP contribution in [0.4, 0.5) is 5.69 Å². The van der Waals surface area contributed by atoms with E-state index in [9.17, 15) is 9.59 Å². The van der Waals surface area contributed by atoms with Gasteiger partial charge in [-0.05, 0) is 49.1 Å². The SMILES string of the molecule is CCc1ccc(NC(=O)c2cccc(C(=O)NC3CCCCC3)n2)cc1. The molecule has 2 aromatic rings. The first kappa shape index (κ1) is 18.1. The maximum absolute atomic E-state index is 12.4. The lowest BCUT2D eigenvalue weighted by Gasteiger charge is -2.22. The summed E-state index contributed by atoms with van der Waals surface area (Å²) in [5.41, 5.74) is 2.44. The van der Waals surface area contributed by atoms with Crippen LogP contribution >= 0.6 is 0 Å². The largest absolute Gasteiger partial charge is 0.348 e. The number of pyridine rings is 1. The minimum atomic E-state index is -0.318. The number of nitrogens with one attached hydrogen (secondary N) is 2. The van der Waals surface area contributed by atoms with Gasteiger partial charge in [0.05, 0.1) is 0 Å². The standard InChI is InChI=1S/C21H25N3O2/c1-2-15-11-13-17(14-12-15)23-21(26)19-10-6-9-18(24-19)20(25)22-16-7-4-3-5-8-16/h6,9-14,16H,2-5,7-8H2,1H3,(H,22,25)(H,23,26). The molecule has 136 valence electrons. The predicted molar refractivity (Wildman–Crippen MR) is 102 cm³/mol. The molecular weight excluding hydrogens is 326 g/mol. The summed E-state index contributed by atoms with van der Waals surface area (Å²) in [5, 5.41) is 5.85. The molecule has 1 aromatic heterocycles. The molecule has 0 spiro atoms. The second kappa shape index (κ2) is 8.61. The highest BCUT2D eigenvalue weighted by molar-refractivity contribution is 6.03. The fourth-order valence-electron chi connectivity index (χ4n) is 3.21. The molecule has 1 fully saturated rings. The number of carbonyl (C=O) groups is 2. The van der Waals surface area contributed by atoms with Gasteiger partial charge in [-0.2, -0.15) is 0 Å². The molecule has 0 bridgehead atoms. The molecule has 0 unspecified atom stereocenters. The van der Waals surface area contributed by atoms with E-state index >= 15 is 0 Å². The molecule has 1 aliphatic rings. The summed E-state index contributed by atoms with van der Waals surface area (Å²) in [6.45, 7) is 2.08. The Kier molecular flexibility index (Phi) is 6.00. The Morgan fingerprint density at radius 1 is 0.962 bits per heavy atom. The Labute approximate surface area is 154 Å². The molecule has 3 rings (SSSR count). The highest BCUT2D eigenvalue weighted by Crippen LogP contribution is 2.18. The van der Waals surface area contributed by atoms with Gasteiger partial charge in [0.2, 0.25) is 0 Å². The minimum absolute atomic E-state index is 0.209. The van der Waals surface area contributed by atoms with Gasteiger partial charge in [0.1, 0.15) is 11.4 Å². The first-order chi connectivity index (χ1) is 12.7. The number of aryl methyl sites for hydroxylation is 1. The molecule has 26 heavy (non-hydrogen) atoms. The first-order valence-corrected chi connectivity index (χ1v) is 9.34. The second-order valence-electron chi connectivity index (χ2n) is 6.72. The minimum Gasteiger partial charge on any atom is -0.348 e. The first-order valence-electron chi connectivity index (χ1n) is 9.34. The molecule has 5 heteroatoms. The predicted octanol–water partition coefficient (Wildman–Crippen LogP) is 3.96. The van der Waals surface area contributed by atoms with E-state index in [1.54, 1.807) is 18.2 Å². The molecule has 2 N–H and O–H groups in total. The number of hydrogen-bond acceptors (Lipinski definition) is 3. The Balaban J connectivity index is 1.65. The van der Waals surface area contributed by atoms with Crippen LogP contribution in [0.5, 0.6) is 0 Å². The van der Waals surface area contributed by atoms with Gasteiger partial charge in [-0.3, -0.25) is 9.59 Å². The third-order valence-corrected chi connectivity index (χ3v) is 4.77. The molecule has 1 aromatic carbocycles. The van der Waals surface area contributed by atoms with Crippen LogP contribution in [-0.2, 0) is 6.42 Å². The molecule has 0 saturated heterocycles. The normalized spacial score (nSPS) is 14.7. The summed E-state index contributed by atoms with van der Waals surface area (Å²) in [6, 6.07) is 12.9. The molecule has 1 heterocycles. The highest BCUT2D eigenvalue weighted by Gasteiger charge is 2.18. The summed E-state index contributed by atoms with van der Waals surface area (Å²) in [5.74, 6) is -0.527. The van der Waals surface area contributed by atoms with Crippen LogP contribution in [0.2, 0.25) is 0 Å². The Morgan fingerprint density at radius 3 is 2.27 bits per heavy atom. The lowest BCUT2D eigenvalue weighted by atomic mass is 9.95. The fourth-order valence-corrected chi connectivity index (χ4v) is 3.21. The molecule has 2 amide bonds. The molecule has 1 aliphatic carbocycles. The van der Waals surface area contributed by atoms with Crippen molar-refractivity contribution in [2.75, 3.05) is 5.32 Å². The quantitative estimate of drug-likeness (QED) is 0.856. The number of anilines is 1. The summed E-state index contributed by atoms with van der Waals surface area (Å²) in [6.07, 6.45) is 6.52. The third-order valence-electron chi connectivity index (χ3n) is 4.77. The van der Waals surface area contributed by atoms with Crippen LogP contribution in [-0.4, -0.2) is 22.8 Å². The Bertz CT molecular complexity index is 765. The maximum Gasteiger partial charge on any atom is 0.274 e. The van der Waals surface area contributed by atoms with E-state index in [0.29, 0.717) is 5.69 Å². The summed E-state index contributed by atoms with van der Waals surface area (Å²) in [4.78, 5) is 29.1. The molecule has 0 atom stereocenters. The third kappa shape index (κ3) is 4.69. The van der Waals surface area contributed by atoms with Crippen LogP contribution in [0.25, 0.3) is 0 Å². The van der Waals surface area contributed by atoms with Crippen LogP contribution in [0.3, 0.4) is 0 Å². The van der Waals surface area contributed by atoms with Crippen molar-refractivity contribution < 1.29 is 9.59 Å². The van der Waals surface area contributed by atoms with Crippen molar-refractivity contribution in [2.45, 2.75) is 51.5 Å². The van der Waals surface area contributed by atoms with Gasteiger partial charge in [-0.1, -0.05) is 44.4 Å². The van der Waals surface area contributed by atoms with Gasteiger partial charge >= 0.3 is 0 Å². The zero-order valence-corrected chi connectivity index (χ0v) is 15.1. The van der Waals surface area contributed by atoms with E-state index in [2.05, 4.69) is 22.5 Å². The second-order valence-corrected chi connectivity index (χ2v) is 6.72. The van der Waals surface area contributed by atoms with Gasteiger partial charge < -0.3 is 10.6 Å². The van der Waals surface area contributed by atoms with E-state index in [-0.39, 0.29) is 29.2 Å². The smallest absolute Gasteiger partial charge is 0.274 e. The van der Waals surface area contributed by atoms with Gasteiger partial charge in [-0.25, -0.2) is 4.98 Å². The summed E-state index contributed by atoms with van der Waals surface area (Å²) >= 11 is 0. The zero-order valence-electron chi connectivity index (χ0n) is 15.1. The number of carbonyl (C=O) groups excluding carboxylic acids is 2. The van der Waals surface area contributed by atoms with Gasteiger partial charge in [0, 0.05) is 11.7 Å². The van der Waals surface area contributed by atoms with Gasteiger partial charge in [0.25, 0.3) is 11.8 Å². The number of aromatic nitrogens is 1. The molecule has 0 radical (unpaired) electrons. The number of benzene rings is 1. The van der Waals surface area contributed by atoms with Crippen LogP contribution in [0, 0.1) is 0 Å². The molecule has 5 nitrogen and oxygen atoms in total. The Hall–Kier alpha value is -2.69. The number of hydrogen-bond donors (Lipinski definition) is 2. The van der Waals surface area contributed by atoms with Crippen molar-refractivity contribution in [2.24, 2.45) is 0 Å². The van der Waals surface area contributed by atoms with E-state index in [0.717, 1.165) is 32.1 Å². The molecular formula is C21H25N3O2. The lowest BCUT2D eigenvalue weighted by Crippen LogP contribution is -2.36. The summed E-state index contributed by atoms with van der Waals surface area (Å²) in [7, 11) is 0. The van der Waals surface area contributed by atoms with E-state index < -0.39 is 0 Å². The van der Waals surface area contributed by atoms with Gasteiger partial charge in [-0.15, -0.1) is 0 Å². The van der Waals surface area contributed by atoms with Crippen LogP contribution in [0.15, 0.2) is 42.5 Å². The van der Waals surface area contributed by atoms with E-state index in [1.807, 2.05) is 24.3 Å². The van der Waals surface area contributed by atoms with Crippen molar-refractivity contribution in [1.29, 1.82) is 0 Å². The van der Waals surface area contributed by atoms with Crippen molar-refractivity contribution in [1.82, 2.24) is 10.3 Å². The highest BCUT2D eigenvalue weighted by atomic mass is 16.2.